The molecule has 2 aliphatic rings. The predicted octanol–water partition coefficient (Wildman–Crippen LogP) is 5.22. The minimum atomic E-state index is -0.910. The number of carbonyl (C=O) groups excluding carboxylic acids is 4. The topological polar surface area (TPSA) is 124 Å². The molecule has 258 valence electrons. The number of halogens is 1. The largest absolute Gasteiger partial charge is 0.444 e. The van der Waals surface area contributed by atoms with Crippen molar-refractivity contribution in [3.05, 3.63) is 41.2 Å². The van der Waals surface area contributed by atoms with E-state index in [0.717, 1.165) is 16.3 Å². The summed E-state index contributed by atoms with van der Waals surface area (Å²) < 4.78 is 19.0. The molecule has 47 heavy (non-hydrogen) atoms. The van der Waals surface area contributed by atoms with E-state index in [1.165, 1.54) is 35.4 Å². The van der Waals surface area contributed by atoms with Gasteiger partial charge in [-0.3, -0.25) is 14.5 Å². The molecule has 2 aromatic rings. The van der Waals surface area contributed by atoms with Crippen LogP contribution in [0.15, 0.2) is 29.6 Å². The number of urea groups is 1. The first-order valence-corrected chi connectivity index (χ1v) is 17.0. The summed E-state index contributed by atoms with van der Waals surface area (Å²) in [6.07, 6.45) is -0.0614. The third kappa shape index (κ3) is 8.22. The molecule has 5 atom stereocenters. The summed E-state index contributed by atoms with van der Waals surface area (Å²) in [5.41, 5.74) is 0.140. The quantitative estimate of drug-likeness (QED) is 0.416. The maximum absolute atomic E-state index is 14.5. The highest BCUT2D eigenvalue weighted by Gasteiger charge is 2.54. The number of likely N-dealkylation sites (tertiary alicyclic amines) is 2. The van der Waals surface area contributed by atoms with Gasteiger partial charge < -0.3 is 25.2 Å². The Morgan fingerprint density at radius 2 is 1.66 bits per heavy atom. The minimum absolute atomic E-state index is 0.0650. The number of carbonyl (C=O) groups is 4. The van der Waals surface area contributed by atoms with Crippen LogP contribution in [0.5, 0.6) is 0 Å². The van der Waals surface area contributed by atoms with E-state index in [1.807, 2.05) is 44.9 Å². The van der Waals surface area contributed by atoms with E-state index in [1.54, 1.807) is 44.7 Å². The molecule has 1 unspecified atom stereocenters. The summed E-state index contributed by atoms with van der Waals surface area (Å²) in [5, 5.41) is 8.61. The van der Waals surface area contributed by atoms with Crippen LogP contribution in [0.2, 0.25) is 0 Å². The van der Waals surface area contributed by atoms with Gasteiger partial charge in [0.1, 0.15) is 28.5 Å². The number of likely N-dealkylation sites (N-methyl/N-ethyl adjacent to an activating group) is 1. The van der Waals surface area contributed by atoms with Gasteiger partial charge in [0.15, 0.2) is 0 Å². The monoisotopic (exact) mass is 672 g/mol. The highest BCUT2D eigenvalue weighted by atomic mass is 32.1. The summed E-state index contributed by atoms with van der Waals surface area (Å²) in [6, 6.07) is 3.47. The Balaban J connectivity index is 1.62. The van der Waals surface area contributed by atoms with Crippen LogP contribution < -0.4 is 10.6 Å². The third-order valence-electron chi connectivity index (χ3n) is 8.62. The molecule has 1 aromatic carbocycles. The minimum Gasteiger partial charge on any atom is -0.444 e. The zero-order valence-corrected chi connectivity index (χ0v) is 29.9. The average molecular weight is 673 g/mol. The fourth-order valence-corrected chi connectivity index (χ4v) is 6.99. The van der Waals surface area contributed by atoms with Crippen LogP contribution >= 0.6 is 11.3 Å². The molecule has 0 aliphatic carbocycles. The van der Waals surface area contributed by atoms with Gasteiger partial charge in [0.25, 0.3) is 0 Å². The second-order valence-electron chi connectivity index (χ2n) is 14.9. The van der Waals surface area contributed by atoms with E-state index in [0.29, 0.717) is 19.5 Å². The Labute approximate surface area is 281 Å². The smallest absolute Gasteiger partial charge is 0.410 e. The van der Waals surface area contributed by atoms with E-state index in [2.05, 4.69) is 10.6 Å². The number of hydrogen-bond donors (Lipinski definition) is 2. The molecule has 3 heterocycles. The summed E-state index contributed by atoms with van der Waals surface area (Å²) in [6.45, 7) is 17.1. The maximum Gasteiger partial charge on any atom is 0.410 e. The number of benzene rings is 1. The SMILES string of the molecule is CC(C)NC(=O)N1C[C@H](c2csc(-c3ccc(F)cc3)n2)[C@@H]2[C@H]1CCN2C(=O)C(NC(=O)[C@H](C)N(C)C(=O)OC(C)(C)C)C(C)(C)C. The van der Waals surface area contributed by atoms with Crippen LogP contribution in [0.1, 0.15) is 80.3 Å². The van der Waals surface area contributed by atoms with Gasteiger partial charge in [-0.2, -0.15) is 0 Å². The number of rotatable bonds is 7. The van der Waals surface area contributed by atoms with Gasteiger partial charge in [-0.05, 0) is 77.6 Å². The number of ether oxygens (including phenoxy) is 1. The normalized spacial score (nSPS) is 20.9. The molecular formula is C34H49FN6O5S. The summed E-state index contributed by atoms with van der Waals surface area (Å²) in [7, 11) is 1.49. The van der Waals surface area contributed by atoms with E-state index in [4.69, 9.17) is 9.72 Å². The molecule has 0 saturated carbocycles. The fourth-order valence-electron chi connectivity index (χ4n) is 6.10. The standard InChI is InChI=1S/C34H49FN6O5S/c1-19(2)36-31(44)41-17-23(24-18-47-29(37-24)21-11-13-22(35)14-12-21)26-25(41)15-16-40(26)30(43)27(33(4,5)6)38-28(42)20(3)39(10)32(45)46-34(7,8)9/h11-14,18-20,23,25-27H,15-17H2,1-10H3,(H,36,44)(H,38,42)/t20-,23+,25+,26+,27?/m0/s1. The van der Waals surface area contributed by atoms with Gasteiger partial charge in [0.05, 0.1) is 17.8 Å². The summed E-state index contributed by atoms with van der Waals surface area (Å²) in [4.78, 5) is 63.8. The Bertz CT molecular complexity index is 1470. The van der Waals surface area contributed by atoms with Gasteiger partial charge in [0, 0.05) is 43.0 Å². The number of hydrogen-bond acceptors (Lipinski definition) is 7. The van der Waals surface area contributed by atoms with Gasteiger partial charge in [-0.25, -0.2) is 19.0 Å². The summed E-state index contributed by atoms with van der Waals surface area (Å²) in [5.74, 6) is -1.34. The second kappa shape index (κ2) is 13.8. The van der Waals surface area contributed by atoms with Gasteiger partial charge >= 0.3 is 12.1 Å². The number of amides is 5. The van der Waals surface area contributed by atoms with E-state index in [-0.39, 0.29) is 41.8 Å². The van der Waals surface area contributed by atoms with Gasteiger partial charge in [-0.15, -0.1) is 11.3 Å². The number of thiazole rings is 1. The van der Waals surface area contributed by atoms with Crippen molar-refractivity contribution in [1.29, 1.82) is 0 Å². The van der Waals surface area contributed by atoms with Crippen molar-refractivity contribution in [2.24, 2.45) is 5.41 Å². The van der Waals surface area contributed by atoms with Crippen molar-refractivity contribution in [2.75, 3.05) is 20.1 Å². The first kappa shape index (κ1) is 36.1. The van der Waals surface area contributed by atoms with Crippen molar-refractivity contribution in [2.45, 2.75) is 110 Å². The molecule has 2 saturated heterocycles. The van der Waals surface area contributed by atoms with Crippen molar-refractivity contribution in [3.8, 4) is 10.6 Å². The molecule has 5 amide bonds. The van der Waals surface area contributed by atoms with Gasteiger partial charge in [-0.1, -0.05) is 20.8 Å². The van der Waals surface area contributed by atoms with Crippen molar-refractivity contribution in [1.82, 2.24) is 30.3 Å². The molecule has 2 N–H and O–H groups in total. The van der Waals surface area contributed by atoms with Crippen molar-refractivity contribution in [3.63, 3.8) is 0 Å². The second-order valence-corrected chi connectivity index (χ2v) is 15.8. The molecule has 0 radical (unpaired) electrons. The molecular weight excluding hydrogens is 623 g/mol. The Hall–Kier alpha value is -3.74. The number of aromatic nitrogens is 1. The van der Waals surface area contributed by atoms with Crippen LogP contribution in [0, 0.1) is 11.2 Å². The molecule has 2 aliphatic heterocycles. The zero-order chi connectivity index (χ0) is 35.0. The Morgan fingerprint density at radius 3 is 2.23 bits per heavy atom. The third-order valence-corrected chi connectivity index (χ3v) is 9.53. The van der Waals surface area contributed by atoms with Crippen LogP contribution in [0.4, 0.5) is 14.0 Å². The van der Waals surface area contributed by atoms with E-state index in [9.17, 15) is 23.6 Å². The molecule has 0 spiro atoms. The summed E-state index contributed by atoms with van der Waals surface area (Å²) >= 11 is 1.43. The first-order chi connectivity index (χ1) is 21.8. The molecule has 4 rings (SSSR count). The zero-order valence-electron chi connectivity index (χ0n) is 29.1. The van der Waals surface area contributed by atoms with Crippen LogP contribution in [-0.2, 0) is 14.3 Å². The lowest BCUT2D eigenvalue weighted by Gasteiger charge is -2.37. The predicted molar refractivity (Wildman–Crippen MR) is 179 cm³/mol. The first-order valence-electron chi connectivity index (χ1n) is 16.1. The highest BCUT2D eigenvalue weighted by Crippen LogP contribution is 2.43. The van der Waals surface area contributed by atoms with E-state index < -0.39 is 35.1 Å². The number of fused-ring (bicyclic) bond motifs is 1. The maximum atomic E-state index is 14.5. The molecule has 11 nitrogen and oxygen atoms in total. The van der Waals surface area contributed by atoms with Crippen molar-refractivity contribution < 1.29 is 28.3 Å². The molecule has 13 heteroatoms. The van der Waals surface area contributed by atoms with Crippen molar-refractivity contribution >= 4 is 35.3 Å². The van der Waals surface area contributed by atoms with Crippen LogP contribution in [0.25, 0.3) is 10.6 Å². The van der Waals surface area contributed by atoms with Gasteiger partial charge in [0.2, 0.25) is 11.8 Å². The van der Waals surface area contributed by atoms with Crippen LogP contribution in [-0.4, -0.2) is 99.6 Å². The lowest BCUT2D eigenvalue weighted by molar-refractivity contribution is -0.141. The fraction of sp³-hybridized carbons (Fsp3) is 0.618. The lowest BCUT2D eigenvalue weighted by Crippen LogP contribution is -2.59. The van der Waals surface area contributed by atoms with Crippen LogP contribution in [0.3, 0.4) is 0 Å². The van der Waals surface area contributed by atoms with E-state index >= 15 is 0 Å². The average Bonchev–Trinajstić information content (AvgIpc) is 3.69. The lowest BCUT2D eigenvalue weighted by atomic mass is 9.85. The Kier molecular flexibility index (Phi) is 10.6. The number of nitrogens with zero attached hydrogens (tertiary/aromatic N) is 4. The molecule has 0 bridgehead atoms. The molecule has 1 aromatic heterocycles. The Morgan fingerprint density at radius 1 is 1.02 bits per heavy atom. The molecule has 2 fully saturated rings. The number of nitrogens with one attached hydrogen (secondary N) is 2. The highest BCUT2D eigenvalue weighted by molar-refractivity contribution is 7.13.